The highest BCUT2D eigenvalue weighted by molar-refractivity contribution is 7.90. The van der Waals surface area contributed by atoms with Crippen LogP contribution in [0, 0.1) is 11.3 Å². The smallest absolute Gasteiger partial charge is 0.318 e. The van der Waals surface area contributed by atoms with Gasteiger partial charge in [-0.2, -0.15) is 5.26 Å². The zero-order valence-electron chi connectivity index (χ0n) is 16.6. The Bertz CT molecular complexity index is 917. The second-order valence-corrected chi connectivity index (χ2v) is 8.90. The number of nitrogens with one attached hydrogen (secondary N) is 2. The van der Waals surface area contributed by atoms with Crippen molar-refractivity contribution in [1.29, 1.82) is 5.26 Å². The van der Waals surface area contributed by atoms with E-state index < -0.39 is 15.9 Å². The minimum Gasteiger partial charge on any atom is -0.341 e. The molecule has 3 amide bonds. The highest BCUT2D eigenvalue weighted by Gasteiger charge is 2.24. The molecule has 0 fully saturated rings. The summed E-state index contributed by atoms with van der Waals surface area (Å²) < 4.78 is 23.1. The minimum absolute atomic E-state index is 0.0944. The van der Waals surface area contributed by atoms with Crippen LogP contribution < -0.4 is 10.6 Å². The molecular weight excluding hydrogens is 392 g/mol. The Kier molecular flexibility index (Phi) is 7.79. The van der Waals surface area contributed by atoms with E-state index in [1.54, 1.807) is 29.2 Å². The van der Waals surface area contributed by atoms with Crippen molar-refractivity contribution in [1.82, 2.24) is 15.5 Å². The third kappa shape index (κ3) is 6.32. The predicted octanol–water partition coefficient (Wildman–Crippen LogP) is 1.70. The van der Waals surface area contributed by atoms with Crippen molar-refractivity contribution >= 4 is 27.3 Å². The molecule has 0 aliphatic carbocycles. The first kappa shape index (κ1) is 22.4. The van der Waals surface area contributed by atoms with Crippen LogP contribution >= 0.6 is 0 Å². The number of sulfone groups is 1. The van der Waals surface area contributed by atoms with Crippen LogP contribution in [0.1, 0.15) is 31.7 Å². The van der Waals surface area contributed by atoms with Crippen LogP contribution in [-0.2, 0) is 14.6 Å². The summed E-state index contributed by atoms with van der Waals surface area (Å²) in [6.07, 6.45) is 4.95. The summed E-state index contributed by atoms with van der Waals surface area (Å²) in [5.74, 6) is -0.360. The van der Waals surface area contributed by atoms with E-state index in [0.717, 1.165) is 17.6 Å². The molecule has 1 unspecified atom stereocenters. The minimum atomic E-state index is -3.23. The molecule has 8 nitrogen and oxygen atoms in total. The van der Waals surface area contributed by atoms with Crippen molar-refractivity contribution in [2.24, 2.45) is 0 Å². The average molecular weight is 419 g/mol. The van der Waals surface area contributed by atoms with Crippen LogP contribution in [0.4, 0.5) is 4.79 Å². The van der Waals surface area contributed by atoms with Gasteiger partial charge in [-0.05, 0) is 36.1 Å². The normalized spacial score (nSPS) is 15.1. The van der Waals surface area contributed by atoms with Crippen LogP contribution in [0.5, 0.6) is 0 Å². The first-order chi connectivity index (χ1) is 13.8. The summed E-state index contributed by atoms with van der Waals surface area (Å²) in [5.41, 5.74) is 1.98. The third-order valence-corrected chi connectivity index (χ3v) is 5.81. The molecule has 0 saturated heterocycles. The topological polar surface area (TPSA) is 119 Å². The Morgan fingerprint density at radius 2 is 1.97 bits per heavy atom. The fourth-order valence-corrected chi connectivity index (χ4v) is 3.71. The molecule has 1 atom stereocenters. The maximum Gasteiger partial charge on any atom is 0.318 e. The Labute approximate surface area is 171 Å². The zero-order valence-corrected chi connectivity index (χ0v) is 17.5. The monoisotopic (exact) mass is 418 g/mol. The van der Waals surface area contributed by atoms with E-state index in [4.69, 9.17) is 5.26 Å². The van der Waals surface area contributed by atoms with Crippen LogP contribution in [0.25, 0.3) is 5.57 Å². The van der Waals surface area contributed by atoms with Gasteiger partial charge >= 0.3 is 6.03 Å². The molecule has 9 heteroatoms. The second-order valence-electron chi connectivity index (χ2n) is 6.89. The highest BCUT2D eigenvalue weighted by Crippen LogP contribution is 2.23. The summed E-state index contributed by atoms with van der Waals surface area (Å²) in [4.78, 5) is 26.5. The molecule has 0 aromatic heterocycles. The van der Waals surface area contributed by atoms with Crippen LogP contribution in [0.15, 0.2) is 35.2 Å². The van der Waals surface area contributed by atoms with E-state index in [0.29, 0.717) is 25.9 Å². The average Bonchev–Trinajstić information content (AvgIpc) is 2.71. The van der Waals surface area contributed by atoms with Crippen molar-refractivity contribution in [3.05, 3.63) is 35.9 Å². The molecule has 156 valence electrons. The van der Waals surface area contributed by atoms with E-state index in [2.05, 4.69) is 10.6 Å². The van der Waals surface area contributed by atoms with Gasteiger partial charge in [0.1, 0.15) is 12.6 Å². The van der Waals surface area contributed by atoms with E-state index in [1.807, 2.05) is 19.1 Å². The third-order valence-electron chi connectivity index (χ3n) is 4.68. The molecule has 2 rings (SSSR count). The Hall–Kier alpha value is -2.86. The molecule has 29 heavy (non-hydrogen) atoms. The molecule has 0 saturated carbocycles. The number of rotatable bonds is 7. The molecule has 1 heterocycles. The lowest BCUT2D eigenvalue weighted by Gasteiger charge is -2.29. The predicted molar refractivity (Wildman–Crippen MR) is 110 cm³/mol. The largest absolute Gasteiger partial charge is 0.341 e. The lowest BCUT2D eigenvalue weighted by Crippen LogP contribution is -2.52. The number of urea groups is 1. The van der Waals surface area contributed by atoms with Gasteiger partial charge in [0.05, 0.1) is 11.0 Å². The number of benzene rings is 1. The van der Waals surface area contributed by atoms with Gasteiger partial charge in [0.2, 0.25) is 5.91 Å². The summed E-state index contributed by atoms with van der Waals surface area (Å²) in [6.45, 7) is 2.71. The molecule has 0 bridgehead atoms. The fraction of sp³-hybridized carbons (Fsp3) is 0.450. The van der Waals surface area contributed by atoms with E-state index in [9.17, 15) is 18.0 Å². The summed E-state index contributed by atoms with van der Waals surface area (Å²) >= 11 is 0. The quantitative estimate of drug-likeness (QED) is 0.653. The van der Waals surface area contributed by atoms with Crippen molar-refractivity contribution in [2.75, 3.05) is 25.9 Å². The molecule has 1 aromatic carbocycles. The van der Waals surface area contributed by atoms with Gasteiger partial charge < -0.3 is 15.5 Å². The Morgan fingerprint density at radius 3 is 2.48 bits per heavy atom. The number of carbonyl (C=O) groups excluding carboxylic acids is 2. The first-order valence-corrected chi connectivity index (χ1v) is 11.3. The lowest BCUT2D eigenvalue weighted by molar-refractivity contribution is -0.122. The summed E-state index contributed by atoms with van der Waals surface area (Å²) in [7, 11) is -3.23. The van der Waals surface area contributed by atoms with E-state index in [1.165, 1.54) is 6.26 Å². The fourth-order valence-electron chi connectivity index (χ4n) is 3.08. The molecule has 2 N–H and O–H groups in total. The maximum atomic E-state index is 12.5. The zero-order chi connectivity index (χ0) is 21.4. The molecule has 0 radical (unpaired) electrons. The SMILES string of the molecule is CCCC(NC(=O)N1CC=C(c2ccc(S(C)(=O)=O)cc2)CC1)C(=O)NCC#N. The van der Waals surface area contributed by atoms with Crippen molar-refractivity contribution < 1.29 is 18.0 Å². The lowest BCUT2D eigenvalue weighted by atomic mass is 10.00. The standard InChI is InChI=1S/C20H26N4O4S/c1-3-4-18(19(25)22-12-11-21)23-20(26)24-13-9-16(10-14-24)15-5-7-17(8-6-15)29(2,27)28/h5-9,18H,3-4,10,12-14H2,1-2H3,(H,22,25)(H,23,26). The number of hydrogen-bond donors (Lipinski definition) is 2. The molecule has 1 aromatic rings. The number of amides is 3. The number of carbonyl (C=O) groups is 2. The van der Waals surface area contributed by atoms with Gasteiger partial charge in [-0.15, -0.1) is 0 Å². The maximum absolute atomic E-state index is 12.5. The van der Waals surface area contributed by atoms with Crippen LogP contribution in [0.3, 0.4) is 0 Å². The van der Waals surface area contributed by atoms with Gasteiger partial charge in [-0.25, -0.2) is 13.2 Å². The summed E-state index contributed by atoms with van der Waals surface area (Å²) in [6, 6.07) is 7.57. The second kappa shape index (κ2) is 10.1. The van der Waals surface area contributed by atoms with Gasteiger partial charge in [0, 0.05) is 19.3 Å². The van der Waals surface area contributed by atoms with E-state index in [-0.39, 0.29) is 23.4 Å². The van der Waals surface area contributed by atoms with Gasteiger partial charge in [0.25, 0.3) is 0 Å². The van der Waals surface area contributed by atoms with Crippen LogP contribution in [-0.4, -0.2) is 57.2 Å². The molecular formula is C20H26N4O4S. The van der Waals surface area contributed by atoms with Gasteiger partial charge in [-0.3, -0.25) is 4.79 Å². The van der Waals surface area contributed by atoms with Crippen molar-refractivity contribution in [2.45, 2.75) is 37.1 Å². The number of nitriles is 1. The summed E-state index contributed by atoms with van der Waals surface area (Å²) in [5, 5.41) is 13.8. The number of nitrogens with zero attached hydrogens (tertiary/aromatic N) is 2. The van der Waals surface area contributed by atoms with Crippen LogP contribution in [0.2, 0.25) is 0 Å². The molecule has 1 aliphatic rings. The number of hydrogen-bond acceptors (Lipinski definition) is 5. The molecule has 1 aliphatic heterocycles. The first-order valence-electron chi connectivity index (χ1n) is 9.46. The van der Waals surface area contributed by atoms with Gasteiger partial charge in [-0.1, -0.05) is 31.6 Å². The van der Waals surface area contributed by atoms with Gasteiger partial charge in [0.15, 0.2) is 9.84 Å². The molecule has 0 spiro atoms. The van der Waals surface area contributed by atoms with E-state index >= 15 is 0 Å². The Morgan fingerprint density at radius 1 is 1.28 bits per heavy atom. The highest BCUT2D eigenvalue weighted by atomic mass is 32.2. The van der Waals surface area contributed by atoms with Crippen molar-refractivity contribution in [3.8, 4) is 6.07 Å². The Balaban J connectivity index is 1.99. The van der Waals surface area contributed by atoms with Crippen molar-refractivity contribution in [3.63, 3.8) is 0 Å².